The molecule has 1 aromatic heterocycles. The maximum Gasteiger partial charge on any atom is 0.191 e. The number of hydrogen-bond acceptors (Lipinski definition) is 3. The minimum atomic E-state index is 0.672. The Morgan fingerprint density at radius 1 is 1.33 bits per heavy atom. The first-order valence-corrected chi connectivity index (χ1v) is 7.76. The van der Waals surface area contributed by atoms with Crippen molar-refractivity contribution in [2.24, 2.45) is 10.9 Å². The molecule has 0 aliphatic heterocycles. The molecule has 0 saturated carbocycles. The average molecular weight is 295 g/mol. The number of nitrogens with one attached hydrogen (secondary N) is 2. The number of aliphatic imine (C=N–C) groups is 1. The second-order valence-corrected chi connectivity index (χ2v) is 5.44. The highest BCUT2D eigenvalue weighted by Gasteiger charge is 2.00. The van der Waals surface area contributed by atoms with Gasteiger partial charge in [0.25, 0.3) is 0 Å². The Balaban J connectivity index is 2.30. The van der Waals surface area contributed by atoms with Crippen LogP contribution in [0, 0.1) is 5.92 Å². The summed E-state index contributed by atoms with van der Waals surface area (Å²) in [5.74, 6) is 2.57. The summed E-state index contributed by atoms with van der Waals surface area (Å²) >= 11 is 0. The lowest BCUT2D eigenvalue weighted by atomic mass is 10.1. The number of hydrogen-bond donors (Lipinski definition) is 2. The van der Waals surface area contributed by atoms with Gasteiger partial charge in [-0.15, -0.1) is 0 Å². The van der Waals surface area contributed by atoms with E-state index in [0.717, 1.165) is 50.1 Å². The van der Waals surface area contributed by atoms with Crippen molar-refractivity contribution in [1.82, 2.24) is 10.6 Å². The Morgan fingerprint density at radius 3 is 2.81 bits per heavy atom. The van der Waals surface area contributed by atoms with Crippen molar-refractivity contribution < 1.29 is 9.15 Å². The van der Waals surface area contributed by atoms with Gasteiger partial charge in [-0.25, -0.2) is 0 Å². The van der Waals surface area contributed by atoms with Gasteiger partial charge in [-0.3, -0.25) is 4.99 Å². The van der Waals surface area contributed by atoms with Crippen LogP contribution in [-0.4, -0.2) is 39.3 Å². The van der Waals surface area contributed by atoms with Crippen molar-refractivity contribution in [3.05, 3.63) is 24.2 Å². The maximum atomic E-state index is 5.32. The standard InChI is InChI=1S/C16H29N3O2/c1-14(2)6-4-9-17-16(19-11-13-20-3)18-10-8-15-7-5-12-21-15/h5,7,12,14H,4,6,8-11,13H2,1-3H3,(H2,17,18,19). The van der Waals surface area contributed by atoms with E-state index in [4.69, 9.17) is 9.15 Å². The fourth-order valence-electron chi connectivity index (χ4n) is 1.90. The molecule has 0 spiro atoms. The second-order valence-electron chi connectivity index (χ2n) is 5.44. The zero-order valence-corrected chi connectivity index (χ0v) is 13.5. The van der Waals surface area contributed by atoms with Gasteiger partial charge in [0.1, 0.15) is 5.76 Å². The predicted octanol–water partition coefficient (Wildman–Crippen LogP) is 2.44. The minimum absolute atomic E-state index is 0.672. The molecular formula is C16H29N3O2. The van der Waals surface area contributed by atoms with E-state index in [-0.39, 0.29) is 0 Å². The van der Waals surface area contributed by atoms with E-state index in [9.17, 15) is 0 Å². The van der Waals surface area contributed by atoms with Crippen LogP contribution in [0.4, 0.5) is 0 Å². The number of nitrogens with zero attached hydrogens (tertiary/aromatic N) is 1. The number of ether oxygens (including phenoxy) is 1. The van der Waals surface area contributed by atoms with Crippen molar-refractivity contribution in [3.63, 3.8) is 0 Å². The Bertz CT molecular complexity index is 375. The van der Waals surface area contributed by atoms with Crippen LogP contribution < -0.4 is 10.6 Å². The lowest BCUT2D eigenvalue weighted by Crippen LogP contribution is -2.40. The third-order valence-corrected chi connectivity index (χ3v) is 3.05. The van der Waals surface area contributed by atoms with Gasteiger partial charge >= 0.3 is 0 Å². The maximum absolute atomic E-state index is 5.32. The van der Waals surface area contributed by atoms with Crippen LogP contribution in [0.15, 0.2) is 27.8 Å². The Labute approximate surface area is 128 Å². The molecule has 1 aromatic rings. The molecule has 0 amide bonds. The molecule has 2 N–H and O–H groups in total. The molecule has 0 radical (unpaired) electrons. The van der Waals surface area contributed by atoms with E-state index in [2.05, 4.69) is 29.5 Å². The molecule has 120 valence electrons. The Kier molecular flexibility index (Phi) is 9.37. The summed E-state index contributed by atoms with van der Waals surface area (Å²) in [6.45, 7) is 7.56. The van der Waals surface area contributed by atoms with Crippen LogP contribution in [0.5, 0.6) is 0 Å². The van der Waals surface area contributed by atoms with Crippen molar-refractivity contribution in [3.8, 4) is 0 Å². The van der Waals surface area contributed by atoms with Gasteiger partial charge in [-0.05, 0) is 30.9 Å². The number of rotatable bonds is 10. The predicted molar refractivity (Wildman–Crippen MR) is 86.7 cm³/mol. The van der Waals surface area contributed by atoms with Crippen molar-refractivity contribution in [2.75, 3.05) is 33.4 Å². The van der Waals surface area contributed by atoms with Crippen LogP contribution in [-0.2, 0) is 11.2 Å². The second kappa shape index (κ2) is 11.2. The highest BCUT2D eigenvalue weighted by Crippen LogP contribution is 2.03. The largest absolute Gasteiger partial charge is 0.469 e. The summed E-state index contributed by atoms with van der Waals surface area (Å²) in [7, 11) is 1.70. The van der Waals surface area contributed by atoms with Gasteiger partial charge in [-0.1, -0.05) is 13.8 Å². The van der Waals surface area contributed by atoms with Gasteiger partial charge in [0, 0.05) is 33.2 Å². The molecule has 0 aliphatic carbocycles. The summed E-state index contributed by atoms with van der Waals surface area (Å²) in [6.07, 6.45) is 4.88. The van der Waals surface area contributed by atoms with E-state index in [1.54, 1.807) is 13.4 Å². The first kappa shape index (κ1) is 17.6. The van der Waals surface area contributed by atoms with Gasteiger partial charge in [-0.2, -0.15) is 0 Å². The summed E-state index contributed by atoms with van der Waals surface area (Å²) in [6, 6.07) is 3.90. The zero-order chi connectivity index (χ0) is 15.3. The van der Waals surface area contributed by atoms with Crippen LogP contribution in [0.2, 0.25) is 0 Å². The van der Waals surface area contributed by atoms with E-state index < -0.39 is 0 Å². The molecule has 0 bridgehead atoms. The van der Waals surface area contributed by atoms with Crippen molar-refractivity contribution >= 4 is 5.96 Å². The van der Waals surface area contributed by atoms with E-state index in [0.29, 0.717) is 6.61 Å². The molecule has 1 rings (SSSR count). The molecule has 5 heteroatoms. The summed E-state index contributed by atoms with van der Waals surface area (Å²) < 4.78 is 10.4. The highest BCUT2D eigenvalue weighted by atomic mass is 16.5. The highest BCUT2D eigenvalue weighted by molar-refractivity contribution is 5.79. The minimum Gasteiger partial charge on any atom is -0.469 e. The first-order valence-electron chi connectivity index (χ1n) is 7.76. The Morgan fingerprint density at radius 2 is 2.14 bits per heavy atom. The lowest BCUT2D eigenvalue weighted by Gasteiger charge is -2.12. The molecule has 0 atom stereocenters. The van der Waals surface area contributed by atoms with E-state index in [1.807, 2.05) is 12.1 Å². The quantitative estimate of drug-likeness (QED) is 0.395. The molecule has 0 fully saturated rings. The van der Waals surface area contributed by atoms with E-state index in [1.165, 1.54) is 6.42 Å². The third-order valence-electron chi connectivity index (χ3n) is 3.05. The summed E-state index contributed by atoms with van der Waals surface area (Å²) in [5, 5.41) is 6.60. The fourth-order valence-corrected chi connectivity index (χ4v) is 1.90. The van der Waals surface area contributed by atoms with Crippen LogP contribution >= 0.6 is 0 Å². The number of methoxy groups -OCH3 is 1. The summed E-state index contributed by atoms with van der Waals surface area (Å²) in [5.41, 5.74) is 0. The molecule has 0 aromatic carbocycles. The fraction of sp³-hybridized carbons (Fsp3) is 0.688. The summed E-state index contributed by atoms with van der Waals surface area (Å²) in [4.78, 5) is 4.59. The third kappa shape index (κ3) is 9.13. The SMILES string of the molecule is COCCNC(=NCCCC(C)C)NCCc1ccco1. The van der Waals surface area contributed by atoms with Crippen LogP contribution in [0.3, 0.4) is 0 Å². The van der Waals surface area contributed by atoms with Crippen molar-refractivity contribution in [2.45, 2.75) is 33.1 Å². The van der Waals surface area contributed by atoms with Crippen molar-refractivity contribution in [1.29, 1.82) is 0 Å². The smallest absolute Gasteiger partial charge is 0.191 e. The molecule has 1 heterocycles. The van der Waals surface area contributed by atoms with Gasteiger partial charge < -0.3 is 19.8 Å². The molecule has 0 aliphatic rings. The molecule has 0 saturated heterocycles. The van der Waals surface area contributed by atoms with Gasteiger partial charge in [0.15, 0.2) is 5.96 Å². The van der Waals surface area contributed by atoms with Gasteiger partial charge in [0.05, 0.1) is 12.9 Å². The van der Waals surface area contributed by atoms with Crippen LogP contribution in [0.1, 0.15) is 32.4 Å². The molecule has 0 unspecified atom stereocenters. The first-order chi connectivity index (χ1) is 10.2. The average Bonchev–Trinajstić information content (AvgIpc) is 2.96. The van der Waals surface area contributed by atoms with Crippen LogP contribution in [0.25, 0.3) is 0 Å². The monoisotopic (exact) mass is 295 g/mol. The normalized spacial score (nSPS) is 11.9. The topological polar surface area (TPSA) is 58.8 Å². The number of furan rings is 1. The Hall–Kier alpha value is -1.49. The molecule has 5 nitrogen and oxygen atoms in total. The van der Waals surface area contributed by atoms with Gasteiger partial charge in [0.2, 0.25) is 0 Å². The zero-order valence-electron chi connectivity index (χ0n) is 13.5. The molecular weight excluding hydrogens is 266 g/mol. The van der Waals surface area contributed by atoms with E-state index >= 15 is 0 Å². The lowest BCUT2D eigenvalue weighted by molar-refractivity contribution is 0.203. The number of guanidine groups is 1. The molecule has 21 heavy (non-hydrogen) atoms.